The molecule has 1 aliphatic rings. The molecule has 4 aromatic rings. The van der Waals surface area contributed by atoms with E-state index in [1.54, 1.807) is 17.5 Å². The number of likely N-dealkylation sites (tertiary alicyclic amines) is 1. The van der Waals surface area contributed by atoms with E-state index in [2.05, 4.69) is 101 Å². The summed E-state index contributed by atoms with van der Waals surface area (Å²) in [4.78, 5) is 19.7. The highest BCUT2D eigenvalue weighted by molar-refractivity contribution is 7.10. The van der Waals surface area contributed by atoms with E-state index in [1.807, 2.05) is 11.5 Å². The first kappa shape index (κ1) is 20.6. The van der Waals surface area contributed by atoms with Crippen LogP contribution in [0.25, 0.3) is 6.08 Å². The Labute approximate surface area is 192 Å². The Morgan fingerprint density at radius 1 is 0.812 bits per heavy atom. The molecule has 158 valence electrons. The standard InChI is InChI=1S/C28H24N2OS/c31-26-16-18-30(21-22(26)20-27-29-17-19-32-27)28(23-10-4-1-5-11-23,24-12-6-2-7-13-24)25-14-8-3-9-15-25/h1-15,17,19-20H,16,18,21H2/b22-20+. The van der Waals surface area contributed by atoms with Crippen LogP contribution in [0.4, 0.5) is 0 Å². The van der Waals surface area contributed by atoms with Gasteiger partial charge >= 0.3 is 0 Å². The molecule has 1 aliphatic heterocycles. The summed E-state index contributed by atoms with van der Waals surface area (Å²) in [5.74, 6) is 0.208. The van der Waals surface area contributed by atoms with Crippen LogP contribution in [-0.4, -0.2) is 28.8 Å². The maximum Gasteiger partial charge on any atom is 0.161 e. The van der Waals surface area contributed by atoms with Crippen LogP contribution >= 0.6 is 11.3 Å². The minimum absolute atomic E-state index is 0.208. The number of thiazole rings is 1. The van der Waals surface area contributed by atoms with Crippen molar-refractivity contribution in [2.45, 2.75) is 12.0 Å². The van der Waals surface area contributed by atoms with Crippen molar-refractivity contribution in [1.82, 2.24) is 9.88 Å². The van der Waals surface area contributed by atoms with E-state index in [1.165, 1.54) is 16.7 Å². The molecule has 32 heavy (non-hydrogen) atoms. The first-order chi connectivity index (χ1) is 15.8. The van der Waals surface area contributed by atoms with Crippen molar-refractivity contribution in [3.05, 3.63) is 130 Å². The largest absolute Gasteiger partial charge is 0.294 e. The molecule has 0 atom stereocenters. The molecule has 3 aromatic carbocycles. The molecule has 0 bridgehead atoms. The summed E-state index contributed by atoms with van der Waals surface area (Å²) in [7, 11) is 0. The van der Waals surface area contributed by atoms with E-state index in [0.29, 0.717) is 19.5 Å². The number of hydrogen-bond acceptors (Lipinski definition) is 4. The van der Waals surface area contributed by atoms with E-state index in [-0.39, 0.29) is 5.78 Å². The van der Waals surface area contributed by atoms with Gasteiger partial charge in [0, 0.05) is 36.7 Å². The van der Waals surface area contributed by atoms with Crippen LogP contribution in [0.5, 0.6) is 0 Å². The van der Waals surface area contributed by atoms with Gasteiger partial charge in [0.25, 0.3) is 0 Å². The Hall–Kier alpha value is -3.34. The van der Waals surface area contributed by atoms with Gasteiger partial charge in [-0.15, -0.1) is 11.3 Å². The summed E-state index contributed by atoms with van der Waals surface area (Å²) in [6.45, 7) is 1.25. The van der Waals surface area contributed by atoms with Gasteiger partial charge in [0.1, 0.15) is 5.01 Å². The zero-order valence-electron chi connectivity index (χ0n) is 17.7. The van der Waals surface area contributed by atoms with Gasteiger partial charge in [-0.05, 0) is 22.8 Å². The number of aromatic nitrogens is 1. The second kappa shape index (κ2) is 9.03. The first-order valence-electron chi connectivity index (χ1n) is 10.8. The van der Waals surface area contributed by atoms with Crippen LogP contribution in [0, 0.1) is 0 Å². The Kier molecular flexibility index (Phi) is 5.80. The summed E-state index contributed by atoms with van der Waals surface area (Å²) in [6.07, 6.45) is 4.24. The molecule has 3 nitrogen and oxygen atoms in total. The van der Waals surface area contributed by atoms with Crippen LogP contribution in [0.3, 0.4) is 0 Å². The van der Waals surface area contributed by atoms with Crippen LogP contribution in [-0.2, 0) is 10.3 Å². The fourth-order valence-corrected chi connectivity index (χ4v) is 5.32. The fraction of sp³-hybridized carbons (Fsp3) is 0.143. The first-order valence-corrected chi connectivity index (χ1v) is 11.7. The van der Waals surface area contributed by atoms with Gasteiger partial charge < -0.3 is 0 Å². The van der Waals surface area contributed by atoms with E-state index in [4.69, 9.17) is 0 Å². The van der Waals surface area contributed by atoms with Crippen molar-refractivity contribution in [3.63, 3.8) is 0 Å². The topological polar surface area (TPSA) is 33.2 Å². The summed E-state index contributed by atoms with van der Waals surface area (Å²) >= 11 is 1.56. The molecule has 0 amide bonds. The lowest BCUT2D eigenvalue weighted by Crippen LogP contribution is -2.52. The maximum absolute atomic E-state index is 12.9. The molecule has 1 saturated heterocycles. The Morgan fingerprint density at radius 2 is 1.34 bits per heavy atom. The minimum atomic E-state index is -0.507. The Morgan fingerprint density at radius 3 is 1.81 bits per heavy atom. The molecule has 4 heteroatoms. The number of nitrogens with zero attached hydrogens (tertiary/aromatic N) is 2. The highest BCUT2D eigenvalue weighted by atomic mass is 32.1. The van der Waals surface area contributed by atoms with Crippen molar-refractivity contribution in [2.24, 2.45) is 0 Å². The highest BCUT2D eigenvalue weighted by Gasteiger charge is 2.44. The number of rotatable bonds is 5. The number of carbonyl (C=O) groups is 1. The van der Waals surface area contributed by atoms with Gasteiger partial charge in [-0.3, -0.25) is 9.69 Å². The van der Waals surface area contributed by atoms with Crippen LogP contribution in [0.15, 0.2) is 108 Å². The van der Waals surface area contributed by atoms with Crippen molar-refractivity contribution >= 4 is 23.2 Å². The number of Topliss-reactive ketones (excluding diaryl/α,β-unsaturated/α-hetero) is 1. The third-order valence-corrected chi connectivity index (χ3v) is 6.85. The summed E-state index contributed by atoms with van der Waals surface area (Å²) < 4.78 is 0. The monoisotopic (exact) mass is 436 g/mol. The third kappa shape index (κ3) is 3.72. The van der Waals surface area contributed by atoms with Crippen LogP contribution in [0.1, 0.15) is 28.1 Å². The second-order valence-electron chi connectivity index (χ2n) is 7.94. The summed E-state index contributed by atoms with van der Waals surface area (Å²) in [6, 6.07) is 31.9. The van der Waals surface area contributed by atoms with Crippen molar-refractivity contribution in [2.75, 3.05) is 13.1 Å². The van der Waals surface area contributed by atoms with Crippen LogP contribution < -0.4 is 0 Å². The lowest BCUT2D eigenvalue weighted by molar-refractivity contribution is -0.117. The smallest absolute Gasteiger partial charge is 0.161 e. The van der Waals surface area contributed by atoms with E-state index in [0.717, 1.165) is 10.6 Å². The van der Waals surface area contributed by atoms with Crippen molar-refractivity contribution in [3.8, 4) is 0 Å². The summed E-state index contributed by atoms with van der Waals surface area (Å²) in [5.41, 5.74) is 3.89. The van der Waals surface area contributed by atoms with Crippen LogP contribution in [0.2, 0.25) is 0 Å². The number of piperidine rings is 1. The summed E-state index contributed by atoms with van der Waals surface area (Å²) in [5, 5.41) is 2.82. The molecule has 1 fully saturated rings. The van der Waals surface area contributed by atoms with Gasteiger partial charge in [0.15, 0.2) is 5.78 Å². The SMILES string of the molecule is O=C1CCN(C(c2ccccc2)(c2ccccc2)c2ccccc2)C/C1=C\c1nccs1. The molecule has 2 heterocycles. The molecule has 5 rings (SSSR count). The van der Waals surface area contributed by atoms with Gasteiger partial charge in [-0.2, -0.15) is 0 Å². The molecule has 0 aliphatic carbocycles. The average Bonchev–Trinajstić information content (AvgIpc) is 3.37. The lowest BCUT2D eigenvalue weighted by Gasteiger charge is -2.47. The number of benzene rings is 3. The predicted octanol–water partition coefficient (Wildman–Crippen LogP) is 5.79. The third-order valence-electron chi connectivity index (χ3n) is 6.13. The average molecular weight is 437 g/mol. The predicted molar refractivity (Wildman–Crippen MR) is 130 cm³/mol. The normalized spacial score (nSPS) is 16.4. The van der Waals surface area contributed by atoms with Gasteiger partial charge in [-0.1, -0.05) is 91.0 Å². The van der Waals surface area contributed by atoms with E-state index < -0.39 is 5.54 Å². The molecule has 0 unspecified atom stereocenters. The zero-order chi connectivity index (χ0) is 21.8. The Bertz CT molecular complexity index is 1110. The van der Waals surface area contributed by atoms with Gasteiger partial charge in [0.2, 0.25) is 0 Å². The quantitative estimate of drug-likeness (QED) is 0.293. The number of carbonyl (C=O) groups excluding carboxylic acids is 1. The molecule has 0 radical (unpaired) electrons. The fourth-order valence-electron chi connectivity index (χ4n) is 4.72. The molecule has 0 N–H and O–H groups in total. The number of hydrogen-bond donors (Lipinski definition) is 0. The highest BCUT2D eigenvalue weighted by Crippen LogP contribution is 2.43. The maximum atomic E-state index is 12.9. The van der Waals surface area contributed by atoms with E-state index >= 15 is 0 Å². The van der Waals surface area contributed by atoms with Gasteiger partial charge in [0.05, 0.1) is 5.54 Å². The minimum Gasteiger partial charge on any atom is -0.294 e. The molecular formula is C28H24N2OS. The zero-order valence-corrected chi connectivity index (χ0v) is 18.5. The molecule has 0 saturated carbocycles. The molecule has 1 aromatic heterocycles. The van der Waals surface area contributed by atoms with Crippen molar-refractivity contribution in [1.29, 1.82) is 0 Å². The lowest BCUT2D eigenvalue weighted by atomic mass is 9.74. The number of ketones is 1. The molecule has 0 spiro atoms. The molecular weight excluding hydrogens is 412 g/mol. The van der Waals surface area contributed by atoms with E-state index in [9.17, 15) is 4.79 Å². The second-order valence-corrected chi connectivity index (χ2v) is 8.87. The van der Waals surface area contributed by atoms with Crippen molar-refractivity contribution < 1.29 is 4.79 Å². The van der Waals surface area contributed by atoms with Gasteiger partial charge in [-0.25, -0.2) is 4.98 Å². The Balaban J connectivity index is 1.72.